The molecule has 5 heterocycles. The molecule has 0 aromatic carbocycles. The number of ether oxygens (including phenoxy) is 3. The zero-order valence-corrected chi connectivity index (χ0v) is 28.9. The molecule has 258 valence electrons. The van der Waals surface area contributed by atoms with Crippen molar-refractivity contribution >= 4 is 35.2 Å². The molecule has 0 radical (unpaired) electrons. The standard InChI is InChI=1S/C29H44F3N5O7SSi/c1-20-13-35(14-21(2)44-20)23-11-22(45(40,41)37(27(3)17-43-18-27)19-42-9-10-46(4,5)6)15-36-24(23)12-33-25(36)26(38)34-8-7-28(39,16-34)29(30,31)32/h11-12,15,20-21,39H,7-10,13-14,16-19H2,1-6H3/t20-,21-,28?/m0/s1. The van der Waals surface area contributed by atoms with Crippen molar-refractivity contribution in [3.05, 3.63) is 24.3 Å². The van der Waals surface area contributed by atoms with E-state index in [1.807, 2.05) is 18.7 Å². The van der Waals surface area contributed by atoms with Crippen molar-refractivity contribution in [2.75, 3.05) is 57.6 Å². The molecule has 0 spiro atoms. The van der Waals surface area contributed by atoms with E-state index in [2.05, 4.69) is 24.6 Å². The highest BCUT2D eigenvalue weighted by Gasteiger charge is 2.58. The number of rotatable bonds is 10. The number of morpholine rings is 1. The Morgan fingerprint density at radius 2 is 1.87 bits per heavy atom. The molecule has 0 saturated carbocycles. The smallest absolute Gasteiger partial charge is 0.379 e. The van der Waals surface area contributed by atoms with Crippen LogP contribution in [0.5, 0.6) is 0 Å². The number of anilines is 1. The second-order valence-electron chi connectivity index (χ2n) is 14.3. The lowest BCUT2D eigenvalue weighted by molar-refractivity contribution is -0.253. The summed E-state index contributed by atoms with van der Waals surface area (Å²) in [4.78, 5) is 20.6. The lowest BCUT2D eigenvalue weighted by Crippen LogP contribution is -2.62. The molecule has 17 heteroatoms. The Bertz CT molecular complexity index is 1550. The molecule has 3 saturated heterocycles. The fourth-order valence-corrected chi connectivity index (χ4v) is 8.44. The zero-order valence-electron chi connectivity index (χ0n) is 27.1. The number of alkyl halides is 3. The highest BCUT2D eigenvalue weighted by atomic mass is 32.2. The van der Waals surface area contributed by atoms with E-state index in [-0.39, 0.29) is 49.4 Å². The average molecular weight is 692 g/mol. The molecule has 3 atom stereocenters. The molecular formula is C29H44F3N5O7SSi. The Balaban J connectivity index is 1.57. The number of halogens is 3. The van der Waals surface area contributed by atoms with Crippen LogP contribution >= 0.6 is 0 Å². The molecular weight excluding hydrogens is 647 g/mol. The van der Waals surface area contributed by atoms with Crippen LogP contribution in [0.25, 0.3) is 5.52 Å². The van der Waals surface area contributed by atoms with E-state index < -0.39 is 54.3 Å². The van der Waals surface area contributed by atoms with Crippen molar-refractivity contribution in [1.82, 2.24) is 18.6 Å². The summed E-state index contributed by atoms with van der Waals surface area (Å²) < 4.78 is 89.5. The summed E-state index contributed by atoms with van der Waals surface area (Å²) >= 11 is 0. The van der Waals surface area contributed by atoms with Gasteiger partial charge in [0.1, 0.15) is 11.6 Å². The Hall–Kier alpha value is -2.28. The highest BCUT2D eigenvalue weighted by molar-refractivity contribution is 7.89. The lowest BCUT2D eigenvalue weighted by atomic mass is 10.0. The fourth-order valence-electron chi connectivity index (χ4n) is 6.03. The maximum absolute atomic E-state index is 14.5. The van der Waals surface area contributed by atoms with Gasteiger partial charge >= 0.3 is 6.18 Å². The third-order valence-corrected chi connectivity index (χ3v) is 12.5. The van der Waals surface area contributed by atoms with Gasteiger partial charge in [-0.25, -0.2) is 13.4 Å². The summed E-state index contributed by atoms with van der Waals surface area (Å²) in [5.41, 5.74) is -3.02. The number of hydrogen-bond acceptors (Lipinski definition) is 9. The summed E-state index contributed by atoms with van der Waals surface area (Å²) in [5.74, 6) is -1.11. The van der Waals surface area contributed by atoms with Crippen molar-refractivity contribution in [3.63, 3.8) is 0 Å². The van der Waals surface area contributed by atoms with E-state index in [1.54, 1.807) is 13.0 Å². The number of pyridine rings is 1. The van der Waals surface area contributed by atoms with E-state index in [0.29, 0.717) is 30.9 Å². The summed E-state index contributed by atoms with van der Waals surface area (Å²) in [7, 11) is -5.72. The monoisotopic (exact) mass is 691 g/mol. The largest absolute Gasteiger partial charge is 0.419 e. The van der Waals surface area contributed by atoms with Crippen LogP contribution in [0.4, 0.5) is 18.9 Å². The number of nitrogens with zero attached hydrogens (tertiary/aromatic N) is 5. The Morgan fingerprint density at radius 3 is 2.41 bits per heavy atom. The van der Waals surface area contributed by atoms with Crippen LogP contribution in [-0.4, -0.2) is 128 Å². The quantitative estimate of drug-likeness (QED) is 0.227. The number of hydrogen-bond donors (Lipinski definition) is 1. The second-order valence-corrected chi connectivity index (χ2v) is 21.7. The van der Waals surface area contributed by atoms with Gasteiger partial charge in [0.15, 0.2) is 5.60 Å². The van der Waals surface area contributed by atoms with Gasteiger partial charge < -0.3 is 29.1 Å². The minimum atomic E-state index is -4.92. The normalized spacial score (nSPS) is 25.8. The van der Waals surface area contributed by atoms with Crippen LogP contribution in [0.1, 0.15) is 37.8 Å². The number of fused-ring (bicyclic) bond motifs is 1. The first kappa shape index (κ1) is 35.0. The van der Waals surface area contributed by atoms with Gasteiger partial charge in [0, 0.05) is 46.9 Å². The van der Waals surface area contributed by atoms with Gasteiger partial charge in [-0.2, -0.15) is 17.5 Å². The first-order valence-electron chi connectivity index (χ1n) is 15.4. The summed E-state index contributed by atoms with van der Waals surface area (Å²) in [6, 6.07) is 2.39. The Kier molecular flexibility index (Phi) is 9.37. The molecule has 2 aromatic rings. The van der Waals surface area contributed by atoms with Gasteiger partial charge in [-0.15, -0.1) is 0 Å². The molecule has 1 N–H and O–H groups in total. The summed E-state index contributed by atoms with van der Waals surface area (Å²) in [6.45, 7) is 12.3. The minimum Gasteiger partial charge on any atom is -0.379 e. The Labute approximate surface area is 268 Å². The number of carbonyl (C=O) groups is 1. The molecule has 3 aliphatic rings. The molecule has 46 heavy (non-hydrogen) atoms. The number of β-amino-alcohol motifs (C(OH)–C–C–N with tert-alkyl or cyclic N) is 1. The van der Waals surface area contributed by atoms with Crippen LogP contribution < -0.4 is 4.90 Å². The number of aliphatic hydroxyl groups is 1. The van der Waals surface area contributed by atoms with Crippen LogP contribution in [0.2, 0.25) is 25.7 Å². The molecule has 2 aromatic heterocycles. The minimum absolute atomic E-state index is 0.135. The number of amides is 1. The fraction of sp³-hybridized carbons (Fsp3) is 0.724. The molecule has 1 amide bonds. The first-order chi connectivity index (χ1) is 21.2. The van der Waals surface area contributed by atoms with Crippen LogP contribution in [0.15, 0.2) is 23.4 Å². The van der Waals surface area contributed by atoms with Gasteiger partial charge in [-0.3, -0.25) is 9.20 Å². The van der Waals surface area contributed by atoms with Crippen LogP contribution in [0.3, 0.4) is 0 Å². The first-order valence-corrected chi connectivity index (χ1v) is 20.6. The Morgan fingerprint density at radius 1 is 1.22 bits per heavy atom. The predicted octanol–water partition coefficient (Wildman–Crippen LogP) is 3.18. The van der Waals surface area contributed by atoms with E-state index in [1.165, 1.54) is 21.1 Å². The molecule has 1 unspecified atom stereocenters. The van der Waals surface area contributed by atoms with Gasteiger partial charge in [0.25, 0.3) is 5.91 Å². The van der Waals surface area contributed by atoms with Gasteiger partial charge in [-0.05, 0) is 32.9 Å². The maximum Gasteiger partial charge on any atom is 0.419 e. The molecule has 0 aliphatic carbocycles. The summed E-state index contributed by atoms with van der Waals surface area (Å²) in [5, 5.41) is 10.2. The molecule has 5 rings (SSSR count). The van der Waals surface area contributed by atoms with Crippen molar-refractivity contribution in [2.24, 2.45) is 0 Å². The van der Waals surface area contributed by atoms with Crippen LogP contribution in [0, 0.1) is 0 Å². The van der Waals surface area contributed by atoms with Gasteiger partial charge in [0.2, 0.25) is 15.8 Å². The molecule has 12 nitrogen and oxygen atoms in total. The van der Waals surface area contributed by atoms with Gasteiger partial charge in [-0.1, -0.05) is 19.6 Å². The summed E-state index contributed by atoms with van der Waals surface area (Å²) in [6.07, 6.45) is -3.26. The molecule has 3 aliphatic heterocycles. The number of sulfonamides is 1. The molecule has 3 fully saturated rings. The average Bonchev–Trinajstić information content (AvgIpc) is 3.54. The zero-order chi connectivity index (χ0) is 33.9. The van der Waals surface area contributed by atoms with Crippen LogP contribution in [-0.2, 0) is 24.2 Å². The van der Waals surface area contributed by atoms with E-state index in [0.717, 1.165) is 10.9 Å². The lowest BCUT2D eigenvalue weighted by Gasteiger charge is -2.45. The van der Waals surface area contributed by atoms with E-state index in [9.17, 15) is 31.5 Å². The highest BCUT2D eigenvalue weighted by Crippen LogP contribution is 2.39. The number of aromatic nitrogens is 2. The third-order valence-electron chi connectivity index (χ3n) is 8.83. The van der Waals surface area contributed by atoms with E-state index in [4.69, 9.17) is 14.2 Å². The van der Waals surface area contributed by atoms with E-state index >= 15 is 0 Å². The SMILES string of the molecule is C[C@H]1CN(c2cc(S(=O)(=O)N(COCC[Si](C)(C)C)C3(C)COC3)cn3c(C(=O)N4CCC(O)(C(F)(F)F)C4)ncc23)C[C@H](C)O1. The van der Waals surface area contributed by atoms with Crippen molar-refractivity contribution in [1.29, 1.82) is 0 Å². The van der Waals surface area contributed by atoms with Gasteiger partial charge in [0.05, 0.1) is 54.9 Å². The second kappa shape index (κ2) is 12.3. The third kappa shape index (κ3) is 6.82. The van der Waals surface area contributed by atoms with Crippen molar-refractivity contribution in [3.8, 4) is 0 Å². The van der Waals surface area contributed by atoms with Crippen molar-refractivity contribution < 1.29 is 45.7 Å². The number of imidazole rings is 1. The number of carbonyl (C=O) groups excluding carboxylic acids is 1. The maximum atomic E-state index is 14.5. The topological polar surface area (TPSA) is 126 Å². The molecule has 0 bridgehead atoms. The predicted molar refractivity (Wildman–Crippen MR) is 166 cm³/mol. The van der Waals surface area contributed by atoms with Crippen molar-refractivity contribution in [2.45, 2.75) is 87.3 Å². The number of likely N-dealkylation sites (tertiary alicyclic amines) is 1.